The number of nitriles is 1. The lowest BCUT2D eigenvalue weighted by atomic mass is 10.1. The number of hydrogen-bond acceptors (Lipinski definition) is 4. The number of pyridine rings is 1. The number of carbonyl (C=O) groups excluding carboxylic acids is 1. The maximum Gasteiger partial charge on any atom is 0.253 e. The second-order valence-electron chi connectivity index (χ2n) is 7.10. The first-order valence-corrected chi connectivity index (χ1v) is 9.29. The molecule has 5 rings (SSSR count). The van der Waals surface area contributed by atoms with Gasteiger partial charge in [0.15, 0.2) is 0 Å². The van der Waals surface area contributed by atoms with E-state index >= 15 is 0 Å². The standard InChI is InChI=1S/C21H18N6O/c1-25-17-10-15(21(28)26-8-2-3-9-26)5-6-16(17)20(24-25)18-12-23-19-7-4-14(11-22)13-27(18)19/h4-7,10,12-13H,2-3,8-9H2,1H3. The first-order valence-electron chi connectivity index (χ1n) is 9.29. The summed E-state index contributed by atoms with van der Waals surface area (Å²) in [5.74, 6) is 0.0793. The van der Waals surface area contributed by atoms with Crippen LogP contribution in [0.25, 0.3) is 27.9 Å². The fraction of sp³-hybridized carbons (Fsp3) is 0.238. The highest BCUT2D eigenvalue weighted by Crippen LogP contribution is 2.29. The molecule has 28 heavy (non-hydrogen) atoms. The van der Waals surface area contributed by atoms with E-state index in [4.69, 9.17) is 0 Å². The maximum atomic E-state index is 12.7. The molecule has 0 unspecified atom stereocenters. The predicted molar refractivity (Wildman–Crippen MR) is 105 cm³/mol. The number of rotatable bonds is 2. The third kappa shape index (κ3) is 2.46. The zero-order chi connectivity index (χ0) is 19.3. The average Bonchev–Trinajstić information content (AvgIpc) is 3.46. The maximum absolute atomic E-state index is 12.7. The molecule has 3 aromatic heterocycles. The number of likely N-dealkylation sites (tertiary alicyclic amines) is 1. The van der Waals surface area contributed by atoms with Crippen LogP contribution in [-0.2, 0) is 7.05 Å². The Hall–Kier alpha value is -3.66. The van der Waals surface area contributed by atoms with Gasteiger partial charge < -0.3 is 4.90 Å². The molecule has 0 radical (unpaired) electrons. The van der Waals surface area contributed by atoms with Crippen molar-refractivity contribution < 1.29 is 4.79 Å². The van der Waals surface area contributed by atoms with E-state index in [0.717, 1.165) is 53.9 Å². The van der Waals surface area contributed by atoms with Crippen molar-refractivity contribution in [2.75, 3.05) is 13.1 Å². The minimum atomic E-state index is 0.0793. The summed E-state index contributed by atoms with van der Waals surface area (Å²) < 4.78 is 3.67. The smallest absolute Gasteiger partial charge is 0.253 e. The number of hydrogen-bond donors (Lipinski definition) is 0. The van der Waals surface area contributed by atoms with Gasteiger partial charge in [-0.05, 0) is 43.2 Å². The number of benzene rings is 1. The first kappa shape index (κ1) is 16.5. The molecule has 1 saturated heterocycles. The second-order valence-corrected chi connectivity index (χ2v) is 7.10. The molecule has 1 aromatic carbocycles. The van der Waals surface area contributed by atoms with Crippen molar-refractivity contribution in [1.82, 2.24) is 24.1 Å². The summed E-state index contributed by atoms with van der Waals surface area (Å²) in [6, 6.07) is 11.5. The Labute approximate surface area is 161 Å². The lowest BCUT2D eigenvalue weighted by molar-refractivity contribution is 0.0793. The third-order valence-electron chi connectivity index (χ3n) is 5.37. The molecule has 0 spiro atoms. The summed E-state index contributed by atoms with van der Waals surface area (Å²) >= 11 is 0. The van der Waals surface area contributed by atoms with Gasteiger partial charge in [0.1, 0.15) is 17.4 Å². The van der Waals surface area contributed by atoms with Gasteiger partial charge in [0.05, 0.1) is 23.0 Å². The van der Waals surface area contributed by atoms with Crippen LogP contribution in [0, 0.1) is 11.3 Å². The number of imidazole rings is 1. The Balaban J connectivity index is 1.64. The van der Waals surface area contributed by atoms with Crippen LogP contribution < -0.4 is 0 Å². The van der Waals surface area contributed by atoms with Gasteiger partial charge in [-0.2, -0.15) is 10.4 Å². The number of aryl methyl sites for hydroxylation is 1. The van der Waals surface area contributed by atoms with E-state index in [-0.39, 0.29) is 5.91 Å². The van der Waals surface area contributed by atoms with Gasteiger partial charge in [-0.1, -0.05) is 0 Å². The van der Waals surface area contributed by atoms with Gasteiger partial charge in [-0.3, -0.25) is 13.9 Å². The Morgan fingerprint density at radius 3 is 2.79 bits per heavy atom. The van der Waals surface area contributed by atoms with Crippen molar-refractivity contribution in [3.63, 3.8) is 0 Å². The summed E-state index contributed by atoms with van der Waals surface area (Å²) in [6.45, 7) is 1.66. The van der Waals surface area contributed by atoms with E-state index in [2.05, 4.69) is 16.2 Å². The van der Waals surface area contributed by atoms with Crippen molar-refractivity contribution in [1.29, 1.82) is 5.26 Å². The van der Waals surface area contributed by atoms with Crippen molar-refractivity contribution in [3.8, 4) is 17.5 Å². The van der Waals surface area contributed by atoms with Crippen LogP contribution in [-0.4, -0.2) is 43.1 Å². The van der Waals surface area contributed by atoms with Gasteiger partial charge in [-0.15, -0.1) is 0 Å². The number of amides is 1. The van der Waals surface area contributed by atoms with Crippen molar-refractivity contribution in [2.24, 2.45) is 7.05 Å². The molecule has 1 amide bonds. The van der Waals surface area contributed by atoms with Gasteiger partial charge in [0.2, 0.25) is 0 Å². The first-order chi connectivity index (χ1) is 13.7. The van der Waals surface area contributed by atoms with Gasteiger partial charge >= 0.3 is 0 Å². The number of carbonyl (C=O) groups is 1. The lowest BCUT2D eigenvalue weighted by Gasteiger charge is -2.15. The normalized spacial score (nSPS) is 14.1. The topological polar surface area (TPSA) is 79.2 Å². The summed E-state index contributed by atoms with van der Waals surface area (Å²) in [6.07, 6.45) is 5.68. The van der Waals surface area contributed by atoms with E-state index in [1.54, 1.807) is 23.1 Å². The molecule has 0 atom stereocenters. The predicted octanol–water partition coefficient (Wildman–Crippen LogP) is 3.00. The molecular formula is C21H18N6O. The zero-order valence-electron chi connectivity index (χ0n) is 15.5. The van der Waals surface area contributed by atoms with Crippen LogP contribution in [0.2, 0.25) is 0 Å². The number of nitrogens with zero attached hydrogens (tertiary/aromatic N) is 6. The van der Waals surface area contributed by atoms with Crippen LogP contribution in [0.5, 0.6) is 0 Å². The van der Waals surface area contributed by atoms with E-state index < -0.39 is 0 Å². The van der Waals surface area contributed by atoms with E-state index in [9.17, 15) is 10.1 Å². The van der Waals surface area contributed by atoms with Crippen LogP contribution in [0.4, 0.5) is 0 Å². The van der Waals surface area contributed by atoms with Crippen LogP contribution >= 0.6 is 0 Å². The summed E-state index contributed by atoms with van der Waals surface area (Å²) in [5, 5.41) is 14.8. The molecule has 138 valence electrons. The third-order valence-corrected chi connectivity index (χ3v) is 5.37. The zero-order valence-corrected chi connectivity index (χ0v) is 15.5. The Morgan fingerprint density at radius 2 is 2.00 bits per heavy atom. The SMILES string of the molecule is Cn1nc(-c2cnc3ccc(C#N)cn23)c2ccc(C(=O)N3CCCC3)cc21. The molecule has 0 N–H and O–H groups in total. The highest BCUT2D eigenvalue weighted by molar-refractivity contribution is 6.01. The van der Waals surface area contributed by atoms with E-state index in [0.29, 0.717) is 11.1 Å². The summed E-state index contributed by atoms with van der Waals surface area (Å²) in [7, 11) is 1.87. The molecular weight excluding hydrogens is 352 g/mol. The fourth-order valence-corrected chi connectivity index (χ4v) is 3.90. The molecule has 4 aromatic rings. The van der Waals surface area contributed by atoms with Crippen LogP contribution in [0.1, 0.15) is 28.8 Å². The minimum absolute atomic E-state index is 0.0793. The minimum Gasteiger partial charge on any atom is -0.339 e. The van der Waals surface area contributed by atoms with Crippen molar-refractivity contribution >= 4 is 22.5 Å². The average molecular weight is 370 g/mol. The molecule has 1 fully saturated rings. The van der Waals surface area contributed by atoms with E-state index in [1.165, 1.54) is 0 Å². The molecule has 0 bridgehead atoms. The Kier molecular flexibility index (Phi) is 3.66. The molecule has 7 heteroatoms. The van der Waals surface area contributed by atoms with Gasteiger partial charge in [0.25, 0.3) is 5.91 Å². The van der Waals surface area contributed by atoms with E-state index in [1.807, 2.05) is 40.6 Å². The van der Waals surface area contributed by atoms with Crippen LogP contribution in [0.15, 0.2) is 42.7 Å². The molecule has 1 aliphatic rings. The largest absolute Gasteiger partial charge is 0.339 e. The monoisotopic (exact) mass is 370 g/mol. The fourth-order valence-electron chi connectivity index (χ4n) is 3.90. The Bertz CT molecular complexity index is 1270. The molecule has 7 nitrogen and oxygen atoms in total. The molecule has 4 heterocycles. The quantitative estimate of drug-likeness (QED) is 0.543. The molecule has 0 saturated carbocycles. The highest BCUT2D eigenvalue weighted by atomic mass is 16.2. The number of fused-ring (bicyclic) bond motifs is 2. The van der Waals surface area contributed by atoms with Crippen molar-refractivity contribution in [2.45, 2.75) is 12.8 Å². The summed E-state index contributed by atoms with van der Waals surface area (Å²) in [4.78, 5) is 19.1. The van der Waals surface area contributed by atoms with Crippen LogP contribution in [0.3, 0.4) is 0 Å². The highest BCUT2D eigenvalue weighted by Gasteiger charge is 2.21. The van der Waals surface area contributed by atoms with Gasteiger partial charge in [-0.25, -0.2) is 4.98 Å². The van der Waals surface area contributed by atoms with Gasteiger partial charge in [0, 0.05) is 37.3 Å². The molecule has 1 aliphatic heterocycles. The van der Waals surface area contributed by atoms with Crippen molar-refractivity contribution in [3.05, 3.63) is 53.9 Å². The molecule has 0 aliphatic carbocycles. The second kappa shape index (κ2) is 6.20. The Morgan fingerprint density at radius 1 is 1.18 bits per heavy atom. The number of aromatic nitrogens is 4. The summed E-state index contributed by atoms with van der Waals surface area (Å²) in [5.41, 5.74) is 4.50. The lowest BCUT2D eigenvalue weighted by Crippen LogP contribution is -2.27.